The van der Waals surface area contributed by atoms with E-state index in [1.54, 1.807) is 6.92 Å². The third kappa shape index (κ3) is 2.10. The minimum absolute atomic E-state index is 0.257. The Morgan fingerprint density at radius 2 is 2.16 bits per heavy atom. The molecule has 1 saturated heterocycles. The number of aliphatic imine (C=N–C) groups is 1. The third-order valence-electron chi connectivity index (χ3n) is 5.07. The lowest BCUT2D eigenvalue weighted by molar-refractivity contribution is -0.124. The quantitative estimate of drug-likeness (QED) is 0.847. The maximum Gasteiger partial charge on any atom is 0.245 e. The monoisotopic (exact) mass is 284 g/mol. The van der Waals surface area contributed by atoms with E-state index in [1.165, 1.54) is 44.9 Å². The topological polar surface area (TPSA) is 41.5 Å². The van der Waals surface area contributed by atoms with E-state index in [9.17, 15) is 9.18 Å². The van der Waals surface area contributed by atoms with Gasteiger partial charge in [-0.3, -0.25) is 9.79 Å². The lowest BCUT2D eigenvalue weighted by atomic mass is 9.93. The Bertz CT molecular complexity index is 445. The third-order valence-corrected chi connectivity index (χ3v) is 6.55. The molecule has 2 saturated carbocycles. The van der Waals surface area contributed by atoms with Crippen molar-refractivity contribution in [2.24, 2.45) is 16.8 Å². The van der Waals surface area contributed by atoms with Crippen LogP contribution in [0.1, 0.15) is 46.5 Å². The molecule has 3 aliphatic rings. The second-order valence-electron chi connectivity index (χ2n) is 6.74. The number of nitrogens with zero attached hydrogens (tertiary/aromatic N) is 1. The zero-order valence-corrected chi connectivity index (χ0v) is 12.5. The Morgan fingerprint density at radius 3 is 2.63 bits per heavy atom. The van der Waals surface area contributed by atoms with Crippen LogP contribution in [0.2, 0.25) is 0 Å². The summed E-state index contributed by atoms with van der Waals surface area (Å²) in [5.41, 5.74) is -1.56. The van der Waals surface area contributed by atoms with Crippen molar-refractivity contribution in [3.8, 4) is 0 Å². The number of carbonyl (C=O) groups excluding carboxylic acids is 1. The first-order valence-electron chi connectivity index (χ1n) is 7.07. The van der Waals surface area contributed by atoms with Gasteiger partial charge in [0.1, 0.15) is 10.4 Å². The molecule has 0 aromatic carbocycles. The van der Waals surface area contributed by atoms with Crippen LogP contribution in [0.15, 0.2) is 4.99 Å². The number of amidine groups is 1. The summed E-state index contributed by atoms with van der Waals surface area (Å²) in [6, 6.07) is 0.339. The van der Waals surface area contributed by atoms with E-state index < -0.39 is 10.4 Å². The number of hydrogen-bond acceptors (Lipinski definition) is 3. The van der Waals surface area contributed by atoms with Gasteiger partial charge in [0, 0.05) is 0 Å². The highest BCUT2D eigenvalue weighted by atomic mass is 32.2. The van der Waals surface area contributed by atoms with Gasteiger partial charge in [0.15, 0.2) is 5.17 Å². The first kappa shape index (κ1) is 13.4. The van der Waals surface area contributed by atoms with Crippen molar-refractivity contribution in [3.05, 3.63) is 0 Å². The molecule has 2 bridgehead atoms. The van der Waals surface area contributed by atoms with Crippen molar-refractivity contribution in [1.82, 2.24) is 5.32 Å². The van der Waals surface area contributed by atoms with Crippen LogP contribution in [0, 0.1) is 11.8 Å². The zero-order valence-electron chi connectivity index (χ0n) is 11.7. The summed E-state index contributed by atoms with van der Waals surface area (Å²) in [6.07, 6.45) is 5.02. The molecule has 4 atom stereocenters. The van der Waals surface area contributed by atoms with E-state index in [0.717, 1.165) is 12.3 Å². The SMILES string of the molecule is CC(C)(F)[C@@]1(C)SC(=N[C@H]2C[C@@H]3CC[C@H]2C3)NC1=O. The normalized spacial score (nSPS) is 44.1. The fraction of sp³-hybridized carbons (Fsp3) is 0.857. The second kappa shape index (κ2) is 4.21. The van der Waals surface area contributed by atoms with Gasteiger partial charge in [-0.15, -0.1) is 0 Å². The molecule has 1 amide bonds. The number of rotatable bonds is 2. The molecule has 5 heteroatoms. The number of nitrogens with one attached hydrogen (secondary N) is 1. The predicted octanol–water partition coefficient (Wildman–Crippen LogP) is 2.90. The molecule has 3 rings (SSSR count). The molecule has 1 heterocycles. The van der Waals surface area contributed by atoms with Crippen LogP contribution in [0.3, 0.4) is 0 Å². The van der Waals surface area contributed by atoms with Gasteiger partial charge in [0.05, 0.1) is 6.04 Å². The van der Waals surface area contributed by atoms with Crippen molar-refractivity contribution in [3.63, 3.8) is 0 Å². The maximum atomic E-state index is 14.2. The highest BCUT2D eigenvalue weighted by molar-refractivity contribution is 8.16. The maximum absolute atomic E-state index is 14.2. The average molecular weight is 284 g/mol. The lowest BCUT2D eigenvalue weighted by Gasteiger charge is -2.29. The highest BCUT2D eigenvalue weighted by Crippen LogP contribution is 2.47. The summed E-state index contributed by atoms with van der Waals surface area (Å²) in [7, 11) is 0. The summed E-state index contributed by atoms with van der Waals surface area (Å²) < 4.78 is 13.2. The fourth-order valence-corrected chi connectivity index (χ4v) is 4.56. The largest absolute Gasteiger partial charge is 0.304 e. The molecule has 3 fully saturated rings. The smallest absolute Gasteiger partial charge is 0.245 e. The Labute approximate surface area is 117 Å². The van der Waals surface area contributed by atoms with Gasteiger partial charge >= 0.3 is 0 Å². The van der Waals surface area contributed by atoms with E-state index in [2.05, 4.69) is 5.32 Å². The van der Waals surface area contributed by atoms with E-state index >= 15 is 0 Å². The standard InChI is InChI=1S/C14H21FN2OS/c1-13(2,15)14(3)11(18)17-12(19-14)16-10-7-8-4-5-9(10)6-8/h8-10H,4-7H2,1-3H3,(H,16,17,18)/t8-,9+,10+,14+/m1/s1. The van der Waals surface area contributed by atoms with Crippen molar-refractivity contribution in [2.75, 3.05) is 0 Å². The average Bonchev–Trinajstić information content (AvgIpc) is 2.94. The Hall–Kier alpha value is -0.580. The number of carbonyl (C=O) groups is 1. The number of halogens is 1. The van der Waals surface area contributed by atoms with Gasteiger partial charge in [0.25, 0.3) is 0 Å². The number of thioether (sulfide) groups is 1. The van der Waals surface area contributed by atoms with Crippen LogP contribution in [0.5, 0.6) is 0 Å². The molecular weight excluding hydrogens is 263 g/mol. The summed E-state index contributed by atoms with van der Waals surface area (Å²) in [6.45, 7) is 4.58. The van der Waals surface area contributed by atoms with Crippen LogP contribution in [0.25, 0.3) is 0 Å². The minimum Gasteiger partial charge on any atom is -0.304 e. The number of amides is 1. The van der Waals surface area contributed by atoms with Crippen LogP contribution in [-0.2, 0) is 4.79 Å². The molecule has 0 aromatic heterocycles. The molecular formula is C14H21FN2OS. The van der Waals surface area contributed by atoms with E-state index in [1.807, 2.05) is 0 Å². The summed E-state index contributed by atoms with van der Waals surface area (Å²) in [4.78, 5) is 16.7. The molecule has 3 nitrogen and oxygen atoms in total. The van der Waals surface area contributed by atoms with Crippen molar-refractivity contribution in [2.45, 2.75) is 62.9 Å². The summed E-state index contributed by atoms with van der Waals surface area (Å²) in [5, 5.41) is 3.39. The summed E-state index contributed by atoms with van der Waals surface area (Å²) >= 11 is 1.26. The van der Waals surface area contributed by atoms with Gasteiger partial charge in [0.2, 0.25) is 5.91 Å². The Balaban J connectivity index is 1.76. The lowest BCUT2D eigenvalue weighted by Crippen LogP contribution is -2.48. The first-order chi connectivity index (χ1) is 8.79. The fourth-order valence-electron chi connectivity index (χ4n) is 3.45. The number of fused-ring (bicyclic) bond motifs is 2. The molecule has 1 N–H and O–H groups in total. The van der Waals surface area contributed by atoms with Crippen molar-refractivity contribution in [1.29, 1.82) is 0 Å². The zero-order chi connectivity index (χ0) is 13.8. The van der Waals surface area contributed by atoms with Crippen LogP contribution < -0.4 is 5.32 Å². The molecule has 0 unspecified atom stereocenters. The molecule has 19 heavy (non-hydrogen) atoms. The van der Waals surface area contributed by atoms with Crippen LogP contribution in [0.4, 0.5) is 4.39 Å². The van der Waals surface area contributed by atoms with Gasteiger partial charge in [-0.05, 0) is 51.9 Å². The van der Waals surface area contributed by atoms with E-state index in [0.29, 0.717) is 17.1 Å². The highest BCUT2D eigenvalue weighted by Gasteiger charge is 2.54. The molecule has 2 aliphatic carbocycles. The molecule has 0 spiro atoms. The number of hydrogen-bond donors (Lipinski definition) is 1. The Kier molecular flexibility index (Phi) is 2.97. The Morgan fingerprint density at radius 1 is 1.42 bits per heavy atom. The summed E-state index contributed by atoms with van der Waals surface area (Å²) in [5.74, 6) is 1.25. The molecule has 106 valence electrons. The van der Waals surface area contributed by atoms with Crippen LogP contribution >= 0.6 is 11.8 Å². The molecule has 0 radical (unpaired) electrons. The molecule has 0 aromatic rings. The minimum atomic E-state index is -1.56. The van der Waals surface area contributed by atoms with Crippen molar-refractivity contribution >= 4 is 22.8 Å². The number of alkyl halides is 1. The van der Waals surface area contributed by atoms with Gasteiger partial charge in [-0.25, -0.2) is 4.39 Å². The van der Waals surface area contributed by atoms with Gasteiger partial charge in [-0.1, -0.05) is 18.2 Å². The van der Waals surface area contributed by atoms with Gasteiger partial charge < -0.3 is 5.32 Å². The molecule has 1 aliphatic heterocycles. The van der Waals surface area contributed by atoms with Gasteiger partial charge in [-0.2, -0.15) is 0 Å². The second-order valence-corrected chi connectivity index (χ2v) is 8.15. The van der Waals surface area contributed by atoms with E-state index in [4.69, 9.17) is 4.99 Å². The van der Waals surface area contributed by atoms with Crippen LogP contribution in [-0.4, -0.2) is 27.5 Å². The predicted molar refractivity (Wildman–Crippen MR) is 76.0 cm³/mol. The first-order valence-corrected chi connectivity index (χ1v) is 7.88. The van der Waals surface area contributed by atoms with E-state index in [-0.39, 0.29) is 5.91 Å². The van der Waals surface area contributed by atoms with Crippen molar-refractivity contribution < 1.29 is 9.18 Å².